The average Bonchev–Trinajstić information content (AvgIpc) is 2.90. The van der Waals surface area contributed by atoms with Crippen molar-refractivity contribution in [3.63, 3.8) is 0 Å². The second-order valence-electron chi connectivity index (χ2n) is 6.17. The molecule has 0 saturated carbocycles. The zero-order valence-corrected chi connectivity index (χ0v) is 15.1. The van der Waals surface area contributed by atoms with Crippen LogP contribution in [0.15, 0.2) is 34.1 Å². The van der Waals surface area contributed by atoms with Gasteiger partial charge < -0.3 is 10.1 Å². The Morgan fingerprint density at radius 2 is 2.16 bits per heavy atom. The van der Waals surface area contributed by atoms with Crippen LogP contribution in [0.2, 0.25) is 0 Å². The molecule has 6 nitrogen and oxygen atoms in total. The highest BCUT2D eigenvalue weighted by Crippen LogP contribution is 2.12. The molecule has 2 aromatic rings. The number of aromatic nitrogens is 1. The van der Waals surface area contributed by atoms with Gasteiger partial charge in [-0.15, -0.1) is 0 Å². The van der Waals surface area contributed by atoms with E-state index in [1.54, 1.807) is 16.7 Å². The van der Waals surface area contributed by atoms with Gasteiger partial charge in [-0.3, -0.25) is 19.1 Å². The number of thiazole rings is 1. The Kier molecular flexibility index (Phi) is 5.33. The van der Waals surface area contributed by atoms with Crippen LogP contribution in [0.3, 0.4) is 0 Å². The summed E-state index contributed by atoms with van der Waals surface area (Å²) in [4.78, 5) is 29.1. The monoisotopic (exact) mass is 359 g/mol. The van der Waals surface area contributed by atoms with Crippen molar-refractivity contribution < 1.29 is 9.53 Å². The summed E-state index contributed by atoms with van der Waals surface area (Å²) >= 11 is 1.42. The van der Waals surface area contributed by atoms with Gasteiger partial charge in [-0.05, 0) is 44.0 Å². The molecule has 0 radical (unpaired) electrons. The average molecular weight is 359 g/mol. The maximum atomic E-state index is 12.4. The van der Waals surface area contributed by atoms with Gasteiger partial charge in [-0.2, -0.15) is 0 Å². The fourth-order valence-electron chi connectivity index (χ4n) is 2.55. The molecule has 0 spiro atoms. The summed E-state index contributed by atoms with van der Waals surface area (Å²) in [7, 11) is 0. The van der Waals surface area contributed by atoms with E-state index in [1.807, 2.05) is 32.1 Å². The topological polar surface area (TPSA) is 72.7 Å². The lowest BCUT2D eigenvalue weighted by Gasteiger charge is -2.09. The molecular formula is C18H21N3O3S. The van der Waals surface area contributed by atoms with E-state index in [-0.39, 0.29) is 24.1 Å². The summed E-state index contributed by atoms with van der Waals surface area (Å²) in [6, 6.07) is 7.43. The number of fused-ring (bicyclic) bond motifs is 1. The minimum Gasteiger partial charge on any atom is -0.484 e. The fourth-order valence-corrected chi connectivity index (χ4v) is 3.58. The third-order valence-electron chi connectivity index (χ3n) is 3.67. The van der Waals surface area contributed by atoms with Gasteiger partial charge in [0.1, 0.15) is 5.75 Å². The predicted molar refractivity (Wildman–Crippen MR) is 97.6 cm³/mol. The molecule has 25 heavy (non-hydrogen) atoms. The van der Waals surface area contributed by atoms with Crippen LogP contribution in [0.1, 0.15) is 25.8 Å². The van der Waals surface area contributed by atoms with Crippen LogP contribution in [0.25, 0.3) is 6.08 Å². The first-order valence-corrected chi connectivity index (χ1v) is 9.12. The number of nitrogens with one attached hydrogen (secondary N) is 1. The van der Waals surface area contributed by atoms with Crippen LogP contribution in [-0.4, -0.2) is 29.7 Å². The quantitative estimate of drug-likeness (QED) is 0.853. The minimum absolute atomic E-state index is 0.0122. The molecular weight excluding hydrogens is 338 g/mol. The van der Waals surface area contributed by atoms with E-state index in [2.05, 4.69) is 10.3 Å². The summed E-state index contributed by atoms with van der Waals surface area (Å²) in [5.74, 6) is 0.472. The summed E-state index contributed by atoms with van der Waals surface area (Å²) in [6.07, 6.45) is 2.78. The summed E-state index contributed by atoms with van der Waals surface area (Å²) < 4.78 is 7.89. The number of carbonyl (C=O) groups is 1. The number of nitrogens with zero attached hydrogens (tertiary/aromatic N) is 2. The number of benzene rings is 1. The van der Waals surface area contributed by atoms with Crippen molar-refractivity contribution in [2.24, 2.45) is 4.99 Å². The Morgan fingerprint density at radius 3 is 2.84 bits per heavy atom. The van der Waals surface area contributed by atoms with Crippen LogP contribution >= 0.6 is 11.3 Å². The lowest BCUT2D eigenvalue weighted by atomic mass is 10.2. The van der Waals surface area contributed by atoms with Crippen LogP contribution in [0.4, 0.5) is 0 Å². The van der Waals surface area contributed by atoms with Crippen LogP contribution in [-0.2, 0) is 11.3 Å². The lowest BCUT2D eigenvalue weighted by Crippen LogP contribution is -2.34. The maximum absolute atomic E-state index is 12.4. The molecule has 0 fully saturated rings. The number of amides is 1. The molecule has 1 aliphatic rings. The molecule has 0 aliphatic carbocycles. The third-order valence-corrected chi connectivity index (χ3v) is 4.72. The number of hydrogen-bond donors (Lipinski definition) is 1. The van der Waals surface area contributed by atoms with E-state index < -0.39 is 0 Å². The Bertz CT molecular complexity index is 926. The smallest absolute Gasteiger partial charge is 0.270 e. The Balaban J connectivity index is 1.72. The van der Waals surface area contributed by atoms with E-state index in [1.165, 1.54) is 11.3 Å². The highest BCUT2D eigenvalue weighted by molar-refractivity contribution is 7.07. The summed E-state index contributed by atoms with van der Waals surface area (Å²) in [6.45, 7) is 5.33. The Labute approximate surface area is 149 Å². The molecule has 1 N–H and O–H groups in total. The van der Waals surface area contributed by atoms with Crippen molar-refractivity contribution in [2.45, 2.75) is 32.9 Å². The van der Waals surface area contributed by atoms with Gasteiger partial charge in [-0.1, -0.05) is 23.5 Å². The molecule has 0 atom stereocenters. The number of rotatable bonds is 5. The van der Waals surface area contributed by atoms with Crippen molar-refractivity contribution in [3.8, 4) is 5.75 Å². The van der Waals surface area contributed by atoms with Gasteiger partial charge in [0, 0.05) is 19.1 Å². The molecule has 1 aliphatic heterocycles. The lowest BCUT2D eigenvalue weighted by molar-refractivity contribution is -0.123. The van der Waals surface area contributed by atoms with Gasteiger partial charge >= 0.3 is 0 Å². The van der Waals surface area contributed by atoms with Crippen molar-refractivity contribution in [1.82, 2.24) is 9.88 Å². The molecule has 0 saturated heterocycles. The van der Waals surface area contributed by atoms with Crippen molar-refractivity contribution >= 4 is 23.3 Å². The van der Waals surface area contributed by atoms with E-state index in [0.717, 1.165) is 29.9 Å². The van der Waals surface area contributed by atoms with Crippen molar-refractivity contribution in [1.29, 1.82) is 0 Å². The summed E-state index contributed by atoms with van der Waals surface area (Å²) in [5, 5.41) is 2.77. The van der Waals surface area contributed by atoms with E-state index in [9.17, 15) is 9.59 Å². The number of hydrogen-bond acceptors (Lipinski definition) is 5. The highest BCUT2D eigenvalue weighted by Gasteiger charge is 2.08. The van der Waals surface area contributed by atoms with Crippen LogP contribution in [0.5, 0.6) is 5.75 Å². The summed E-state index contributed by atoms with van der Waals surface area (Å²) in [5.41, 5.74) is 0.935. The molecule has 0 bridgehead atoms. The molecule has 1 amide bonds. The Morgan fingerprint density at radius 1 is 1.40 bits per heavy atom. The van der Waals surface area contributed by atoms with E-state index in [0.29, 0.717) is 10.3 Å². The van der Waals surface area contributed by atoms with Crippen molar-refractivity contribution in [3.05, 3.63) is 49.5 Å². The molecule has 1 aromatic heterocycles. The Hall–Kier alpha value is -2.41. The minimum atomic E-state index is -0.147. The van der Waals surface area contributed by atoms with Gasteiger partial charge in [0.15, 0.2) is 11.4 Å². The second kappa shape index (κ2) is 7.65. The first-order chi connectivity index (χ1) is 12.0. The molecule has 0 unspecified atom stereocenters. The molecule has 2 heterocycles. The fraction of sp³-hybridized carbons (Fsp3) is 0.389. The van der Waals surface area contributed by atoms with Crippen molar-refractivity contribution in [2.75, 3.05) is 13.2 Å². The van der Waals surface area contributed by atoms with Gasteiger partial charge in [-0.25, -0.2) is 0 Å². The SMILES string of the molecule is CC(C)NC(=O)COc1ccc(/C=c2/sc3n(c2=O)CCCN=3)cc1. The predicted octanol–water partition coefficient (Wildman–Crippen LogP) is 0.665. The standard InChI is InChI=1S/C18H21N3O3S/c1-12(2)20-16(22)11-24-14-6-4-13(5-7-14)10-15-17(23)21-9-3-8-19-18(21)25-15/h4-7,10,12H,3,8-9,11H2,1-2H3,(H,20,22)/b15-10+. The molecule has 132 valence electrons. The third kappa shape index (κ3) is 4.36. The van der Waals surface area contributed by atoms with Gasteiger partial charge in [0.25, 0.3) is 11.5 Å². The van der Waals surface area contributed by atoms with Crippen LogP contribution in [0, 0.1) is 0 Å². The maximum Gasteiger partial charge on any atom is 0.270 e. The first kappa shape index (κ1) is 17.4. The van der Waals surface area contributed by atoms with Crippen LogP contribution < -0.4 is 24.9 Å². The zero-order chi connectivity index (χ0) is 17.8. The molecule has 1 aromatic carbocycles. The second-order valence-corrected chi connectivity index (χ2v) is 7.17. The molecule has 3 rings (SSSR count). The zero-order valence-electron chi connectivity index (χ0n) is 14.3. The molecule has 7 heteroatoms. The number of carbonyl (C=O) groups excluding carboxylic acids is 1. The van der Waals surface area contributed by atoms with E-state index in [4.69, 9.17) is 4.74 Å². The van der Waals surface area contributed by atoms with E-state index >= 15 is 0 Å². The number of ether oxygens (including phenoxy) is 1. The van der Waals surface area contributed by atoms with Gasteiger partial charge in [0.05, 0.1) is 4.53 Å². The first-order valence-electron chi connectivity index (χ1n) is 8.31. The largest absolute Gasteiger partial charge is 0.484 e. The highest BCUT2D eigenvalue weighted by atomic mass is 32.1. The normalized spacial score (nSPS) is 14.1. The van der Waals surface area contributed by atoms with Gasteiger partial charge in [0.2, 0.25) is 0 Å².